The van der Waals surface area contributed by atoms with Gasteiger partial charge in [0.1, 0.15) is 0 Å². The van der Waals surface area contributed by atoms with Crippen molar-refractivity contribution in [3.63, 3.8) is 0 Å². The fourth-order valence-electron chi connectivity index (χ4n) is 3.76. The summed E-state index contributed by atoms with van der Waals surface area (Å²) in [7, 11) is 2.17. The molecule has 0 atom stereocenters. The second-order valence-corrected chi connectivity index (χ2v) is 9.45. The van der Waals surface area contributed by atoms with Crippen molar-refractivity contribution in [2.24, 2.45) is 0 Å². The van der Waals surface area contributed by atoms with E-state index in [0.29, 0.717) is 78.5 Å². The van der Waals surface area contributed by atoms with Gasteiger partial charge in [-0.3, -0.25) is 9.80 Å². The summed E-state index contributed by atoms with van der Waals surface area (Å²) in [6.45, 7) is 12.9. The Morgan fingerprint density at radius 1 is 0.368 bits per heavy atom. The molecule has 11 heteroatoms. The standard InChI is InChI=1S/C27H59N3O8/c1-28(8-2-10-29(12-24-35-20-4-16-31)13-25-36-21-5-17-32)9-3-11-30(14-26-37-22-6-18-33)15-27-38-23-7-19-34/h31-34H,2-27H2,1H3. The van der Waals surface area contributed by atoms with Crippen molar-refractivity contribution in [1.29, 1.82) is 0 Å². The SMILES string of the molecule is CN(CCCN(CCOCCCO)CCOCCCO)CCCN(CCOCCCO)CCOCCCO. The van der Waals surface area contributed by atoms with Crippen molar-refractivity contribution in [2.75, 3.05) is 139 Å². The van der Waals surface area contributed by atoms with E-state index in [1.807, 2.05) is 0 Å². The molecule has 0 saturated carbocycles. The Labute approximate surface area is 231 Å². The molecule has 0 aromatic carbocycles. The van der Waals surface area contributed by atoms with Crippen molar-refractivity contribution < 1.29 is 39.4 Å². The normalized spacial score (nSPS) is 12.0. The lowest BCUT2D eigenvalue weighted by atomic mass is 10.3. The summed E-state index contributed by atoms with van der Waals surface area (Å²) in [5, 5.41) is 35.6. The van der Waals surface area contributed by atoms with E-state index >= 15 is 0 Å². The quantitative estimate of drug-likeness (QED) is 0.0834. The van der Waals surface area contributed by atoms with E-state index in [2.05, 4.69) is 21.7 Å². The summed E-state index contributed by atoms with van der Waals surface area (Å²) < 4.78 is 22.5. The average Bonchev–Trinajstić information content (AvgIpc) is 2.91. The minimum absolute atomic E-state index is 0.156. The van der Waals surface area contributed by atoms with Gasteiger partial charge in [0.2, 0.25) is 0 Å². The largest absolute Gasteiger partial charge is 0.396 e. The first-order valence-corrected chi connectivity index (χ1v) is 14.6. The van der Waals surface area contributed by atoms with Gasteiger partial charge in [-0.1, -0.05) is 0 Å². The van der Waals surface area contributed by atoms with E-state index < -0.39 is 0 Å². The van der Waals surface area contributed by atoms with Crippen LogP contribution in [0.1, 0.15) is 38.5 Å². The summed E-state index contributed by atoms with van der Waals surface area (Å²) in [4.78, 5) is 7.10. The van der Waals surface area contributed by atoms with Gasteiger partial charge < -0.3 is 44.3 Å². The van der Waals surface area contributed by atoms with Crippen LogP contribution in [0.2, 0.25) is 0 Å². The minimum atomic E-state index is 0.156. The Morgan fingerprint density at radius 2 is 0.658 bits per heavy atom. The fourth-order valence-corrected chi connectivity index (χ4v) is 3.76. The summed E-state index contributed by atoms with van der Waals surface area (Å²) in [6.07, 6.45) is 4.79. The van der Waals surface area contributed by atoms with Gasteiger partial charge in [-0.15, -0.1) is 0 Å². The molecule has 11 nitrogen and oxygen atoms in total. The molecule has 0 aliphatic heterocycles. The molecule has 0 amide bonds. The number of aliphatic hydroxyl groups is 4. The van der Waals surface area contributed by atoms with E-state index in [1.165, 1.54) is 0 Å². The molecule has 38 heavy (non-hydrogen) atoms. The Kier molecular flexibility index (Phi) is 30.7. The average molecular weight is 554 g/mol. The van der Waals surface area contributed by atoms with Gasteiger partial charge in [0.15, 0.2) is 0 Å². The van der Waals surface area contributed by atoms with Crippen LogP contribution in [0.25, 0.3) is 0 Å². The molecule has 0 aromatic rings. The second kappa shape index (κ2) is 31.1. The van der Waals surface area contributed by atoms with E-state index in [0.717, 1.165) is 65.2 Å². The maximum atomic E-state index is 8.90. The smallest absolute Gasteiger partial charge is 0.0593 e. The molecule has 0 spiro atoms. The van der Waals surface area contributed by atoms with Crippen molar-refractivity contribution >= 4 is 0 Å². The minimum Gasteiger partial charge on any atom is -0.396 e. The van der Waals surface area contributed by atoms with E-state index in [1.54, 1.807) is 0 Å². The molecule has 4 N–H and O–H groups in total. The van der Waals surface area contributed by atoms with Crippen LogP contribution < -0.4 is 0 Å². The highest BCUT2D eigenvalue weighted by atomic mass is 16.5. The summed E-state index contributed by atoms with van der Waals surface area (Å²) in [6, 6.07) is 0. The maximum absolute atomic E-state index is 8.90. The molecule has 0 aliphatic carbocycles. The monoisotopic (exact) mass is 553 g/mol. The van der Waals surface area contributed by atoms with E-state index in [4.69, 9.17) is 39.4 Å². The van der Waals surface area contributed by atoms with Crippen LogP contribution in [0.5, 0.6) is 0 Å². The lowest BCUT2D eigenvalue weighted by Crippen LogP contribution is -2.35. The second-order valence-electron chi connectivity index (χ2n) is 9.45. The van der Waals surface area contributed by atoms with Crippen LogP contribution in [0, 0.1) is 0 Å². The van der Waals surface area contributed by atoms with Gasteiger partial charge in [-0.25, -0.2) is 0 Å². The number of aliphatic hydroxyl groups excluding tert-OH is 4. The molecule has 0 aromatic heterocycles. The van der Waals surface area contributed by atoms with Crippen LogP contribution in [-0.4, -0.2) is 174 Å². The number of nitrogens with zero attached hydrogens (tertiary/aromatic N) is 3. The van der Waals surface area contributed by atoms with Gasteiger partial charge in [0, 0.05) is 79.0 Å². The van der Waals surface area contributed by atoms with Gasteiger partial charge >= 0.3 is 0 Å². The molecule has 0 bridgehead atoms. The zero-order valence-electron chi connectivity index (χ0n) is 24.1. The van der Waals surface area contributed by atoms with Crippen molar-refractivity contribution in [3.05, 3.63) is 0 Å². The van der Waals surface area contributed by atoms with Gasteiger partial charge in [0.05, 0.1) is 26.4 Å². The third-order valence-electron chi connectivity index (χ3n) is 6.02. The zero-order valence-corrected chi connectivity index (χ0v) is 24.1. The van der Waals surface area contributed by atoms with Crippen molar-refractivity contribution in [3.8, 4) is 0 Å². The first-order valence-electron chi connectivity index (χ1n) is 14.6. The summed E-state index contributed by atoms with van der Waals surface area (Å²) in [5.41, 5.74) is 0. The van der Waals surface area contributed by atoms with Crippen LogP contribution >= 0.6 is 0 Å². The first kappa shape index (κ1) is 37.6. The van der Waals surface area contributed by atoms with Crippen LogP contribution in [-0.2, 0) is 18.9 Å². The number of hydrogen-bond acceptors (Lipinski definition) is 11. The highest BCUT2D eigenvalue weighted by Crippen LogP contribution is 2.00. The van der Waals surface area contributed by atoms with Gasteiger partial charge in [-0.05, 0) is 71.8 Å². The molecule has 230 valence electrons. The topological polar surface area (TPSA) is 128 Å². The molecule has 0 heterocycles. The number of ether oxygens (including phenoxy) is 4. The Morgan fingerprint density at radius 3 is 0.921 bits per heavy atom. The number of hydrogen-bond donors (Lipinski definition) is 4. The molecule has 0 fully saturated rings. The molecular weight excluding hydrogens is 494 g/mol. The lowest BCUT2D eigenvalue weighted by Gasteiger charge is -2.25. The van der Waals surface area contributed by atoms with Gasteiger partial charge in [0.25, 0.3) is 0 Å². The van der Waals surface area contributed by atoms with E-state index in [9.17, 15) is 0 Å². The molecule has 0 rings (SSSR count). The molecular formula is C27H59N3O8. The molecule has 0 unspecified atom stereocenters. The lowest BCUT2D eigenvalue weighted by molar-refractivity contribution is 0.0631. The molecule has 0 aliphatic rings. The van der Waals surface area contributed by atoms with Crippen LogP contribution in [0.4, 0.5) is 0 Å². The first-order chi connectivity index (χ1) is 18.7. The summed E-state index contributed by atoms with van der Waals surface area (Å²) in [5.74, 6) is 0. The molecule has 0 saturated heterocycles. The maximum Gasteiger partial charge on any atom is 0.0593 e. The predicted octanol–water partition coefficient (Wildman–Crippen LogP) is -0.102. The Hall–Kier alpha value is -0.440. The third-order valence-corrected chi connectivity index (χ3v) is 6.02. The highest BCUT2D eigenvalue weighted by molar-refractivity contribution is 4.63. The van der Waals surface area contributed by atoms with Crippen LogP contribution in [0.15, 0.2) is 0 Å². The van der Waals surface area contributed by atoms with E-state index in [-0.39, 0.29) is 26.4 Å². The Balaban J connectivity index is 4.26. The van der Waals surface area contributed by atoms with Crippen LogP contribution in [0.3, 0.4) is 0 Å². The Bertz CT molecular complexity index is 389. The summed E-state index contributed by atoms with van der Waals surface area (Å²) >= 11 is 0. The molecule has 0 radical (unpaired) electrons. The third kappa shape index (κ3) is 27.1. The van der Waals surface area contributed by atoms with Gasteiger partial charge in [-0.2, -0.15) is 0 Å². The zero-order chi connectivity index (χ0) is 27.9. The number of rotatable bonds is 32. The predicted molar refractivity (Wildman–Crippen MR) is 150 cm³/mol. The van der Waals surface area contributed by atoms with Crippen molar-refractivity contribution in [1.82, 2.24) is 14.7 Å². The highest BCUT2D eigenvalue weighted by Gasteiger charge is 2.09. The van der Waals surface area contributed by atoms with Crippen molar-refractivity contribution in [2.45, 2.75) is 38.5 Å². The fraction of sp³-hybridized carbons (Fsp3) is 1.00.